The lowest BCUT2D eigenvalue weighted by Gasteiger charge is -2.19. The van der Waals surface area contributed by atoms with Crippen LogP contribution in [0.2, 0.25) is 5.02 Å². The van der Waals surface area contributed by atoms with Gasteiger partial charge in [-0.25, -0.2) is 0 Å². The lowest BCUT2D eigenvalue weighted by molar-refractivity contribution is -0.121. The molecule has 1 unspecified atom stereocenters. The van der Waals surface area contributed by atoms with Crippen molar-refractivity contribution in [3.05, 3.63) is 59.4 Å². The maximum atomic E-state index is 12.1. The van der Waals surface area contributed by atoms with Crippen molar-refractivity contribution in [2.24, 2.45) is 0 Å². The molecule has 1 N–H and O–H groups in total. The summed E-state index contributed by atoms with van der Waals surface area (Å²) < 4.78 is 2.07. The van der Waals surface area contributed by atoms with Gasteiger partial charge in [0.2, 0.25) is 5.91 Å². The Balaban J connectivity index is 1.79. The van der Waals surface area contributed by atoms with E-state index in [1.165, 1.54) is 0 Å². The molecule has 1 aromatic heterocycles. The number of carbonyl (C=O) groups excluding carboxylic acids is 1. The Morgan fingerprint density at radius 2 is 1.90 bits per heavy atom. The number of hydrogen-bond acceptors (Lipinski definition) is 1. The molecule has 1 fully saturated rings. The highest BCUT2D eigenvalue weighted by molar-refractivity contribution is 6.30. The monoisotopic (exact) mass is 288 g/mol. The molecule has 2 aromatic rings. The number of amides is 1. The van der Waals surface area contributed by atoms with E-state index in [1.807, 2.05) is 48.8 Å². The van der Waals surface area contributed by atoms with Gasteiger partial charge in [-0.05, 0) is 42.7 Å². The van der Waals surface area contributed by atoms with Gasteiger partial charge in [0, 0.05) is 23.5 Å². The van der Waals surface area contributed by atoms with Gasteiger partial charge in [0.25, 0.3) is 0 Å². The van der Waals surface area contributed by atoms with Gasteiger partial charge in [-0.1, -0.05) is 23.7 Å². The number of halogens is 1. The second-order valence-corrected chi connectivity index (χ2v) is 5.68. The minimum Gasteiger partial charge on any atom is -0.353 e. The third-order valence-corrected chi connectivity index (χ3v) is 3.82. The molecule has 0 aliphatic heterocycles. The highest BCUT2D eigenvalue weighted by Gasteiger charge is 2.25. The van der Waals surface area contributed by atoms with Crippen molar-refractivity contribution >= 4 is 17.5 Å². The molecule has 3 nitrogen and oxygen atoms in total. The molecule has 1 atom stereocenters. The number of aromatic nitrogens is 1. The van der Waals surface area contributed by atoms with E-state index in [0.717, 1.165) is 18.4 Å². The molecule has 0 bridgehead atoms. The molecule has 1 amide bonds. The summed E-state index contributed by atoms with van der Waals surface area (Å²) in [5, 5.41) is 3.76. The molecular weight excluding hydrogens is 272 g/mol. The van der Waals surface area contributed by atoms with Crippen LogP contribution >= 0.6 is 11.6 Å². The zero-order chi connectivity index (χ0) is 13.9. The fourth-order valence-electron chi connectivity index (χ4n) is 2.33. The van der Waals surface area contributed by atoms with Crippen molar-refractivity contribution in [3.8, 4) is 0 Å². The van der Waals surface area contributed by atoms with Crippen LogP contribution in [-0.2, 0) is 4.79 Å². The highest BCUT2D eigenvalue weighted by atomic mass is 35.5. The first-order valence-corrected chi connectivity index (χ1v) is 7.27. The smallest absolute Gasteiger partial charge is 0.222 e. The van der Waals surface area contributed by atoms with Crippen LogP contribution in [0.4, 0.5) is 0 Å². The number of benzene rings is 1. The summed E-state index contributed by atoms with van der Waals surface area (Å²) >= 11 is 5.94. The molecule has 20 heavy (non-hydrogen) atoms. The Morgan fingerprint density at radius 3 is 2.50 bits per heavy atom. The lowest BCUT2D eigenvalue weighted by Crippen LogP contribution is -2.28. The van der Waals surface area contributed by atoms with Gasteiger partial charge in [-0.15, -0.1) is 0 Å². The fourth-order valence-corrected chi connectivity index (χ4v) is 2.45. The van der Waals surface area contributed by atoms with Crippen molar-refractivity contribution < 1.29 is 4.79 Å². The fraction of sp³-hybridized carbons (Fsp3) is 0.312. The van der Waals surface area contributed by atoms with Gasteiger partial charge in [-0.2, -0.15) is 0 Å². The maximum Gasteiger partial charge on any atom is 0.222 e. The Hall–Kier alpha value is -1.74. The van der Waals surface area contributed by atoms with Gasteiger partial charge in [-0.3, -0.25) is 4.79 Å². The second-order valence-electron chi connectivity index (χ2n) is 5.24. The third kappa shape index (κ3) is 3.23. The van der Waals surface area contributed by atoms with Gasteiger partial charge < -0.3 is 9.88 Å². The number of carbonyl (C=O) groups is 1. The predicted octanol–water partition coefficient (Wildman–Crippen LogP) is 3.40. The van der Waals surface area contributed by atoms with Crippen molar-refractivity contribution in [1.82, 2.24) is 9.88 Å². The molecule has 1 aliphatic rings. The van der Waals surface area contributed by atoms with E-state index in [2.05, 4.69) is 9.88 Å². The molecule has 3 rings (SSSR count). The van der Waals surface area contributed by atoms with E-state index in [-0.39, 0.29) is 11.9 Å². The van der Waals surface area contributed by atoms with Crippen molar-refractivity contribution in [2.75, 3.05) is 0 Å². The highest BCUT2D eigenvalue weighted by Crippen LogP contribution is 2.25. The molecule has 104 valence electrons. The van der Waals surface area contributed by atoms with Crippen LogP contribution in [-0.4, -0.2) is 16.5 Å². The van der Waals surface area contributed by atoms with Crippen molar-refractivity contribution in [2.45, 2.75) is 31.3 Å². The average Bonchev–Trinajstić information content (AvgIpc) is 3.07. The number of nitrogens with one attached hydrogen (secondary N) is 1. The standard InChI is InChI=1S/C16H17ClN2O/c17-13-5-3-12(4-6-13)15(19-9-1-2-10-19)11-16(20)18-14-7-8-14/h1-6,9-10,14-15H,7-8,11H2,(H,18,20). The van der Waals surface area contributed by atoms with E-state index >= 15 is 0 Å². The van der Waals surface area contributed by atoms with Crippen molar-refractivity contribution in [3.63, 3.8) is 0 Å². The summed E-state index contributed by atoms with van der Waals surface area (Å²) in [6.45, 7) is 0. The van der Waals surface area contributed by atoms with Crippen molar-refractivity contribution in [1.29, 1.82) is 0 Å². The van der Waals surface area contributed by atoms with E-state index in [0.29, 0.717) is 17.5 Å². The molecule has 0 radical (unpaired) electrons. The van der Waals surface area contributed by atoms with Crippen LogP contribution < -0.4 is 5.32 Å². The summed E-state index contributed by atoms with van der Waals surface area (Å²) in [5.41, 5.74) is 1.09. The topological polar surface area (TPSA) is 34.0 Å². The number of rotatable bonds is 5. The van der Waals surface area contributed by atoms with Crippen LogP contribution in [0.25, 0.3) is 0 Å². The molecule has 0 saturated heterocycles. The van der Waals surface area contributed by atoms with Crippen LogP contribution in [0.5, 0.6) is 0 Å². The van der Waals surface area contributed by atoms with Crippen LogP contribution in [0.15, 0.2) is 48.8 Å². The SMILES string of the molecule is O=C(CC(c1ccc(Cl)cc1)n1cccc1)NC1CC1. The minimum absolute atomic E-state index is 0.0148. The minimum atomic E-state index is 0.0148. The molecule has 1 saturated carbocycles. The predicted molar refractivity (Wildman–Crippen MR) is 79.8 cm³/mol. The number of hydrogen-bond donors (Lipinski definition) is 1. The average molecular weight is 289 g/mol. The third-order valence-electron chi connectivity index (χ3n) is 3.56. The van der Waals surface area contributed by atoms with Crippen LogP contribution in [0.3, 0.4) is 0 Å². The lowest BCUT2D eigenvalue weighted by atomic mass is 10.0. The first-order chi connectivity index (χ1) is 9.72. The molecule has 1 aliphatic carbocycles. The summed E-state index contributed by atoms with van der Waals surface area (Å²) in [5.74, 6) is 0.112. The Bertz CT molecular complexity index is 573. The van der Waals surface area contributed by atoms with Gasteiger partial charge in [0.15, 0.2) is 0 Å². The normalized spacial score (nSPS) is 15.8. The van der Waals surface area contributed by atoms with Crippen LogP contribution in [0.1, 0.15) is 30.9 Å². The number of nitrogens with zero attached hydrogens (tertiary/aromatic N) is 1. The van der Waals surface area contributed by atoms with Gasteiger partial charge in [0.1, 0.15) is 0 Å². The van der Waals surface area contributed by atoms with E-state index < -0.39 is 0 Å². The van der Waals surface area contributed by atoms with E-state index in [4.69, 9.17) is 11.6 Å². The summed E-state index contributed by atoms with van der Waals surface area (Å²) in [7, 11) is 0. The summed E-state index contributed by atoms with van der Waals surface area (Å²) in [4.78, 5) is 12.1. The second kappa shape index (κ2) is 5.71. The zero-order valence-electron chi connectivity index (χ0n) is 11.1. The van der Waals surface area contributed by atoms with Gasteiger partial charge in [0.05, 0.1) is 12.5 Å². The molecule has 0 spiro atoms. The van der Waals surface area contributed by atoms with Gasteiger partial charge >= 0.3 is 0 Å². The first kappa shape index (κ1) is 13.3. The molecule has 4 heteroatoms. The summed E-state index contributed by atoms with van der Waals surface area (Å²) in [6.07, 6.45) is 6.65. The Morgan fingerprint density at radius 1 is 1.25 bits per heavy atom. The Labute approximate surface area is 123 Å². The first-order valence-electron chi connectivity index (χ1n) is 6.89. The zero-order valence-corrected chi connectivity index (χ0v) is 11.9. The van der Waals surface area contributed by atoms with E-state index in [1.54, 1.807) is 0 Å². The van der Waals surface area contributed by atoms with Crippen LogP contribution in [0, 0.1) is 0 Å². The summed E-state index contributed by atoms with van der Waals surface area (Å²) in [6, 6.07) is 12.1. The van der Waals surface area contributed by atoms with E-state index in [9.17, 15) is 4.79 Å². The maximum absolute atomic E-state index is 12.1. The quantitative estimate of drug-likeness (QED) is 0.899. The molecule has 1 aromatic carbocycles. The largest absolute Gasteiger partial charge is 0.353 e. The molecular formula is C16H17ClN2O. The Kier molecular flexibility index (Phi) is 3.79. The molecule has 1 heterocycles.